The Kier molecular flexibility index (Phi) is 13.6. The number of nitrogens with one attached hydrogen (secondary N) is 1. The van der Waals surface area contributed by atoms with E-state index in [9.17, 15) is 4.79 Å². The number of hydrogen-bond donors (Lipinski definition) is 1. The third kappa shape index (κ3) is 13.3. The van der Waals surface area contributed by atoms with Crippen molar-refractivity contribution >= 4 is 5.91 Å². The highest BCUT2D eigenvalue weighted by Crippen LogP contribution is 2.05. The van der Waals surface area contributed by atoms with Crippen LogP contribution in [0.5, 0.6) is 0 Å². The molecular weight excluding hydrogens is 222 g/mol. The standard InChI is InChI=1S/C16H31NO/c1-3-5-7-9-10-11-12-14-16(18)17-15-13-8-6-4-2/h12,14H,3-11,13,15H2,1-2H3,(H,17,18). The highest BCUT2D eigenvalue weighted by atomic mass is 16.1. The lowest BCUT2D eigenvalue weighted by Gasteiger charge is -2.01. The molecule has 18 heavy (non-hydrogen) atoms. The number of unbranched alkanes of at least 4 members (excludes halogenated alkanes) is 8. The predicted molar refractivity (Wildman–Crippen MR) is 79.7 cm³/mol. The Hall–Kier alpha value is -0.790. The van der Waals surface area contributed by atoms with Gasteiger partial charge in [-0.2, -0.15) is 0 Å². The highest BCUT2D eigenvalue weighted by molar-refractivity contribution is 5.87. The van der Waals surface area contributed by atoms with Crippen molar-refractivity contribution in [1.29, 1.82) is 0 Å². The number of carbonyl (C=O) groups excluding carboxylic acids is 1. The zero-order chi connectivity index (χ0) is 13.5. The molecular formula is C16H31NO. The van der Waals surface area contributed by atoms with E-state index in [1.54, 1.807) is 6.08 Å². The van der Waals surface area contributed by atoms with Gasteiger partial charge in [0.15, 0.2) is 0 Å². The smallest absolute Gasteiger partial charge is 0.243 e. The van der Waals surface area contributed by atoms with E-state index in [1.165, 1.54) is 51.4 Å². The maximum Gasteiger partial charge on any atom is 0.243 e. The van der Waals surface area contributed by atoms with E-state index in [2.05, 4.69) is 19.2 Å². The molecule has 2 nitrogen and oxygen atoms in total. The lowest BCUT2D eigenvalue weighted by Crippen LogP contribution is -2.21. The minimum Gasteiger partial charge on any atom is -0.353 e. The number of amides is 1. The summed E-state index contributed by atoms with van der Waals surface area (Å²) in [5.41, 5.74) is 0. The maximum atomic E-state index is 11.4. The van der Waals surface area contributed by atoms with Crippen LogP contribution in [-0.2, 0) is 4.79 Å². The Bertz CT molecular complexity index is 211. The second-order valence-electron chi connectivity index (χ2n) is 4.96. The summed E-state index contributed by atoms with van der Waals surface area (Å²) in [7, 11) is 0. The van der Waals surface area contributed by atoms with Crippen molar-refractivity contribution in [1.82, 2.24) is 5.32 Å². The van der Waals surface area contributed by atoms with Crippen LogP contribution in [0.4, 0.5) is 0 Å². The number of carbonyl (C=O) groups is 1. The summed E-state index contributed by atoms with van der Waals surface area (Å²) in [6.07, 6.45) is 16.0. The first-order valence-corrected chi connectivity index (χ1v) is 7.75. The molecule has 0 atom stereocenters. The average Bonchev–Trinajstić information content (AvgIpc) is 2.37. The van der Waals surface area contributed by atoms with Gasteiger partial charge in [-0.05, 0) is 25.3 Å². The molecule has 2 heteroatoms. The van der Waals surface area contributed by atoms with Crippen LogP contribution >= 0.6 is 0 Å². The Balaban J connectivity index is 3.28. The molecule has 0 aliphatic heterocycles. The summed E-state index contributed by atoms with van der Waals surface area (Å²) in [5.74, 6) is 0.0695. The molecule has 0 spiro atoms. The topological polar surface area (TPSA) is 29.1 Å². The van der Waals surface area contributed by atoms with Crippen molar-refractivity contribution in [3.05, 3.63) is 12.2 Å². The number of hydrogen-bond acceptors (Lipinski definition) is 1. The van der Waals surface area contributed by atoms with Crippen LogP contribution in [0.25, 0.3) is 0 Å². The molecule has 0 unspecified atom stereocenters. The molecule has 0 rings (SSSR count). The number of allylic oxidation sites excluding steroid dienone is 1. The lowest BCUT2D eigenvalue weighted by atomic mass is 10.1. The quantitative estimate of drug-likeness (QED) is 0.400. The zero-order valence-electron chi connectivity index (χ0n) is 12.3. The maximum absolute atomic E-state index is 11.4. The van der Waals surface area contributed by atoms with Gasteiger partial charge in [0.2, 0.25) is 5.91 Å². The molecule has 1 N–H and O–H groups in total. The van der Waals surface area contributed by atoms with Crippen LogP contribution in [0, 0.1) is 0 Å². The molecule has 0 aliphatic carbocycles. The van der Waals surface area contributed by atoms with Gasteiger partial charge < -0.3 is 5.32 Å². The van der Waals surface area contributed by atoms with Gasteiger partial charge in [-0.3, -0.25) is 4.79 Å². The summed E-state index contributed by atoms with van der Waals surface area (Å²) in [6, 6.07) is 0. The largest absolute Gasteiger partial charge is 0.353 e. The highest BCUT2D eigenvalue weighted by Gasteiger charge is 1.94. The van der Waals surface area contributed by atoms with Crippen molar-refractivity contribution < 1.29 is 4.79 Å². The molecule has 1 amide bonds. The first-order chi connectivity index (χ1) is 8.81. The Morgan fingerprint density at radius 2 is 1.50 bits per heavy atom. The van der Waals surface area contributed by atoms with Gasteiger partial charge in [0.1, 0.15) is 0 Å². The van der Waals surface area contributed by atoms with Gasteiger partial charge in [0, 0.05) is 6.54 Å². The zero-order valence-corrected chi connectivity index (χ0v) is 12.3. The van der Waals surface area contributed by atoms with Crippen molar-refractivity contribution in [2.75, 3.05) is 6.54 Å². The van der Waals surface area contributed by atoms with Crippen molar-refractivity contribution in [2.45, 2.75) is 78.1 Å². The van der Waals surface area contributed by atoms with E-state index in [0.717, 1.165) is 19.4 Å². The molecule has 0 radical (unpaired) electrons. The van der Waals surface area contributed by atoms with E-state index in [4.69, 9.17) is 0 Å². The van der Waals surface area contributed by atoms with E-state index < -0.39 is 0 Å². The Morgan fingerprint density at radius 3 is 2.17 bits per heavy atom. The monoisotopic (exact) mass is 253 g/mol. The van der Waals surface area contributed by atoms with Crippen molar-refractivity contribution in [2.24, 2.45) is 0 Å². The van der Waals surface area contributed by atoms with E-state index in [1.807, 2.05) is 6.08 Å². The third-order valence-electron chi connectivity index (χ3n) is 3.07. The predicted octanol–water partition coefficient (Wildman–Crippen LogP) is 4.60. The fourth-order valence-corrected chi connectivity index (χ4v) is 1.88. The van der Waals surface area contributed by atoms with Crippen LogP contribution in [-0.4, -0.2) is 12.5 Å². The van der Waals surface area contributed by atoms with Crippen LogP contribution in [0.1, 0.15) is 78.1 Å². The molecule has 0 aromatic carbocycles. The second-order valence-corrected chi connectivity index (χ2v) is 4.96. The summed E-state index contributed by atoms with van der Waals surface area (Å²) >= 11 is 0. The first kappa shape index (κ1) is 17.2. The fraction of sp³-hybridized carbons (Fsp3) is 0.812. The minimum atomic E-state index is 0.0695. The average molecular weight is 253 g/mol. The molecule has 0 aliphatic rings. The summed E-state index contributed by atoms with van der Waals surface area (Å²) in [5, 5.41) is 2.93. The van der Waals surface area contributed by atoms with Gasteiger partial charge in [-0.1, -0.05) is 64.9 Å². The second kappa shape index (κ2) is 14.3. The molecule has 0 aromatic heterocycles. The van der Waals surface area contributed by atoms with E-state index in [-0.39, 0.29) is 5.91 Å². The normalized spacial score (nSPS) is 11.0. The Morgan fingerprint density at radius 1 is 0.889 bits per heavy atom. The van der Waals surface area contributed by atoms with Gasteiger partial charge in [0.25, 0.3) is 0 Å². The van der Waals surface area contributed by atoms with Gasteiger partial charge in [-0.15, -0.1) is 0 Å². The summed E-state index contributed by atoms with van der Waals surface area (Å²) in [4.78, 5) is 11.4. The van der Waals surface area contributed by atoms with Crippen molar-refractivity contribution in [3.63, 3.8) is 0 Å². The summed E-state index contributed by atoms with van der Waals surface area (Å²) < 4.78 is 0. The lowest BCUT2D eigenvalue weighted by molar-refractivity contribution is -0.116. The SMILES string of the molecule is CCCCCCCC=CC(=O)NCCCCCC. The van der Waals surface area contributed by atoms with Crippen LogP contribution in [0.15, 0.2) is 12.2 Å². The molecule has 0 heterocycles. The van der Waals surface area contributed by atoms with Crippen LogP contribution < -0.4 is 5.32 Å². The third-order valence-corrected chi connectivity index (χ3v) is 3.07. The van der Waals surface area contributed by atoms with Crippen LogP contribution in [0.3, 0.4) is 0 Å². The molecule has 0 fully saturated rings. The van der Waals surface area contributed by atoms with Crippen molar-refractivity contribution in [3.8, 4) is 0 Å². The van der Waals surface area contributed by atoms with Gasteiger partial charge >= 0.3 is 0 Å². The molecule has 106 valence electrons. The van der Waals surface area contributed by atoms with Gasteiger partial charge in [-0.25, -0.2) is 0 Å². The first-order valence-electron chi connectivity index (χ1n) is 7.75. The summed E-state index contributed by atoms with van der Waals surface area (Å²) in [6.45, 7) is 5.24. The molecule has 0 bridgehead atoms. The van der Waals surface area contributed by atoms with E-state index in [0.29, 0.717) is 0 Å². The Labute approximate surface area is 113 Å². The molecule has 0 saturated carbocycles. The van der Waals surface area contributed by atoms with Gasteiger partial charge in [0.05, 0.1) is 0 Å². The fourth-order valence-electron chi connectivity index (χ4n) is 1.88. The molecule has 0 aromatic rings. The number of rotatable bonds is 12. The molecule has 0 saturated heterocycles. The van der Waals surface area contributed by atoms with Crippen LogP contribution in [0.2, 0.25) is 0 Å². The minimum absolute atomic E-state index is 0.0695. The van der Waals surface area contributed by atoms with E-state index >= 15 is 0 Å².